The minimum atomic E-state index is -4.61. The molecule has 3 unspecified atom stereocenters. The van der Waals surface area contributed by atoms with E-state index in [0.29, 0.717) is 17.4 Å². The molecule has 0 radical (unpaired) electrons. The van der Waals surface area contributed by atoms with E-state index in [1.807, 2.05) is 27.2 Å². The molecule has 0 saturated heterocycles. The van der Waals surface area contributed by atoms with E-state index in [0.717, 1.165) is 38.5 Å². The van der Waals surface area contributed by atoms with Gasteiger partial charge in [-0.25, -0.2) is 0 Å². The molecule has 0 rings (SSSR count). The Kier molecular flexibility index (Phi) is 59.3. The van der Waals surface area contributed by atoms with Crippen molar-refractivity contribution in [2.45, 2.75) is 360 Å². The fraction of sp³-hybridized carbons (Fsp3) is 0.899. The van der Waals surface area contributed by atoms with Gasteiger partial charge in [0.2, 0.25) is 5.91 Å². The zero-order valence-electron chi connectivity index (χ0n) is 52.9. The van der Waals surface area contributed by atoms with Crippen molar-refractivity contribution in [1.29, 1.82) is 0 Å². The van der Waals surface area contributed by atoms with Gasteiger partial charge in [-0.2, -0.15) is 0 Å². The first kappa shape index (κ1) is 76.7. The third kappa shape index (κ3) is 62.3. The quantitative estimate of drug-likeness (QED) is 0.0272. The molecule has 462 valence electrons. The van der Waals surface area contributed by atoms with Crippen molar-refractivity contribution in [1.82, 2.24) is 5.32 Å². The Hall–Kier alpha value is -1.28. The van der Waals surface area contributed by atoms with E-state index in [-0.39, 0.29) is 19.1 Å². The number of likely N-dealkylation sites (N-methyl/N-ethyl adjacent to an activating group) is 1. The van der Waals surface area contributed by atoms with E-state index in [4.69, 9.17) is 9.05 Å². The van der Waals surface area contributed by atoms with Gasteiger partial charge in [0, 0.05) is 6.42 Å². The first-order chi connectivity index (χ1) is 38.0. The highest BCUT2D eigenvalue weighted by atomic mass is 31.2. The van der Waals surface area contributed by atoms with Crippen LogP contribution in [-0.2, 0) is 18.4 Å². The standard InChI is InChI=1S/C69H135N2O6P/c1-6-8-10-12-14-16-18-20-22-24-26-27-28-29-30-31-32-33-34-35-36-37-38-39-40-41-42-43-45-47-49-51-53-55-57-59-61-63-69(73)70-67(66-77-78(74,75)76-65-64-71(3,4)5)68(72)62-60-58-56-54-52-50-48-46-44-25-23-21-19-17-15-13-11-9-7-2/h24,26,52,54,60,62,67-68,72H,6-23,25,27-51,53,55-59,61,63-66H2,1-5H3,(H-,70,73,74,75)/b26-24-,54-52+,62-60+. The molecule has 0 bridgehead atoms. The number of rotatable bonds is 64. The Balaban J connectivity index is 3.97. The molecule has 0 aromatic heterocycles. The van der Waals surface area contributed by atoms with Crippen LogP contribution in [0.2, 0.25) is 0 Å². The molecule has 0 aliphatic rings. The Labute approximate surface area is 487 Å². The highest BCUT2D eigenvalue weighted by molar-refractivity contribution is 7.45. The van der Waals surface area contributed by atoms with Crippen molar-refractivity contribution in [3.05, 3.63) is 36.5 Å². The molecule has 0 aromatic carbocycles. The molecule has 0 aliphatic carbocycles. The number of quaternary nitrogens is 1. The number of carbonyl (C=O) groups excluding carboxylic acids is 1. The van der Waals surface area contributed by atoms with E-state index in [1.165, 1.54) is 289 Å². The van der Waals surface area contributed by atoms with Crippen molar-refractivity contribution in [2.75, 3.05) is 40.9 Å². The predicted octanol–water partition coefficient (Wildman–Crippen LogP) is 21.0. The van der Waals surface area contributed by atoms with E-state index >= 15 is 0 Å². The van der Waals surface area contributed by atoms with Gasteiger partial charge >= 0.3 is 0 Å². The van der Waals surface area contributed by atoms with Crippen molar-refractivity contribution >= 4 is 13.7 Å². The summed E-state index contributed by atoms with van der Waals surface area (Å²) < 4.78 is 23.4. The van der Waals surface area contributed by atoms with Gasteiger partial charge in [0.05, 0.1) is 39.9 Å². The minimum Gasteiger partial charge on any atom is -0.756 e. The van der Waals surface area contributed by atoms with E-state index in [9.17, 15) is 19.4 Å². The second-order valence-corrected chi connectivity index (χ2v) is 26.3. The molecule has 3 atom stereocenters. The number of unbranched alkanes of at least 4 members (excludes halogenated alkanes) is 47. The lowest BCUT2D eigenvalue weighted by Crippen LogP contribution is -2.45. The van der Waals surface area contributed by atoms with Crippen LogP contribution in [0, 0.1) is 0 Å². The van der Waals surface area contributed by atoms with Gasteiger partial charge in [0.15, 0.2) is 0 Å². The summed E-state index contributed by atoms with van der Waals surface area (Å²) in [7, 11) is 1.26. The highest BCUT2D eigenvalue weighted by Gasteiger charge is 2.23. The van der Waals surface area contributed by atoms with E-state index in [1.54, 1.807) is 6.08 Å². The molecule has 9 heteroatoms. The number of carbonyl (C=O) groups is 1. The van der Waals surface area contributed by atoms with Crippen LogP contribution >= 0.6 is 7.82 Å². The number of aliphatic hydroxyl groups excluding tert-OH is 1. The number of phosphoric ester groups is 1. The zero-order valence-corrected chi connectivity index (χ0v) is 53.8. The summed E-state index contributed by atoms with van der Waals surface area (Å²) in [6.07, 6.45) is 79.9. The summed E-state index contributed by atoms with van der Waals surface area (Å²) in [6, 6.07) is -0.902. The molecule has 0 aromatic rings. The average molecular weight is 1120 g/mol. The maximum Gasteiger partial charge on any atom is 0.268 e. The second kappa shape index (κ2) is 60.3. The SMILES string of the molecule is CCCCCCCCCC/C=C\CCCCCCCCCCCCCCCCCCCCCCCCCCCC(=O)NC(COP(=O)([O-])OCC[N+](C)(C)C)C(O)/C=C/CC/C=C/CCCCCCCCCCCCCCC. The van der Waals surface area contributed by atoms with Gasteiger partial charge in [-0.3, -0.25) is 9.36 Å². The third-order valence-corrected chi connectivity index (χ3v) is 16.8. The fourth-order valence-electron chi connectivity index (χ4n) is 10.5. The molecule has 1 amide bonds. The molecule has 78 heavy (non-hydrogen) atoms. The molecular formula is C69H135N2O6P. The van der Waals surface area contributed by atoms with Crippen molar-refractivity contribution in [2.24, 2.45) is 0 Å². The molecule has 0 saturated carbocycles. The third-order valence-electron chi connectivity index (χ3n) is 15.8. The Bertz CT molecular complexity index is 1360. The van der Waals surface area contributed by atoms with Crippen LogP contribution < -0.4 is 10.2 Å². The Morgan fingerprint density at radius 1 is 0.436 bits per heavy atom. The van der Waals surface area contributed by atoms with E-state index < -0.39 is 20.0 Å². The Morgan fingerprint density at radius 2 is 0.718 bits per heavy atom. The van der Waals surface area contributed by atoms with Gasteiger partial charge in [-0.15, -0.1) is 0 Å². The predicted molar refractivity (Wildman–Crippen MR) is 339 cm³/mol. The molecular weight excluding hydrogens is 984 g/mol. The normalized spacial score (nSPS) is 13.9. The van der Waals surface area contributed by atoms with Crippen LogP contribution in [0.1, 0.15) is 348 Å². The van der Waals surface area contributed by atoms with Crippen molar-refractivity contribution < 1.29 is 32.9 Å². The number of nitrogens with one attached hydrogen (secondary N) is 1. The zero-order chi connectivity index (χ0) is 57.0. The Morgan fingerprint density at radius 3 is 1.04 bits per heavy atom. The number of amides is 1. The van der Waals surface area contributed by atoms with Gasteiger partial charge in [-0.05, 0) is 57.8 Å². The lowest BCUT2D eigenvalue weighted by molar-refractivity contribution is -0.870. The number of aliphatic hydroxyl groups is 1. The number of hydrogen-bond donors (Lipinski definition) is 2. The molecule has 0 fully saturated rings. The smallest absolute Gasteiger partial charge is 0.268 e. The molecule has 0 heterocycles. The number of phosphoric acid groups is 1. The summed E-state index contributed by atoms with van der Waals surface area (Å²) in [5.41, 5.74) is 0. The number of allylic oxidation sites excluding steroid dienone is 5. The summed E-state index contributed by atoms with van der Waals surface area (Å²) in [4.78, 5) is 25.6. The first-order valence-corrected chi connectivity index (χ1v) is 35.8. The lowest BCUT2D eigenvalue weighted by atomic mass is 10.0. The largest absolute Gasteiger partial charge is 0.756 e. The van der Waals surface area contributed by atoms with Crippen LogP contribution in [0.15, 0.2) is 36.5 Å². The summed E-state index contributed by atoms with van der Waals surface area (Å²) in [6.45, 7) is 4.67. The van der Waals surface area contributed by atoms with Gasteiger partial charge in [0.25, 0.3) is 7.82 Å². The van der Waals surface area contributed by atoms with Crippen LogP contribution in [0.3, 0.4) is 0 Å². The topological polar surface area (TPSA) is 108 Å². The molecule has 0 spiro atoms. The van der Waals surface area contributed by atoms with Crippen LogP contribution in [0.4, 0.5) is 0 Å². The van der Waals surface area contributed by atoms with Crippen LogP contribution in [-0.4, -0.2) is 68.5 Å². The maximum atomic E-state index is 13.0. The fourth-order valence-corrected chi connectivity index (χ4v) is 11.2. The summed E-state index contributed by atoms with van der Waals surface area (Å²) in [5, 5.41) is 13.9. The highest BCUT2D eigenvalue weighted by Crippen LogP contribution is 2.38. The van der Waals surface area contributed by atoms with Gasteiger partial charge in [-0.1, -0.05) is 320 Å². The molecule has 2 N–H and O–H groups in total. The minimum absolute atomic E-state index is 0.00432. The van der Waals surface area contributed by atoms with Crippen LogP contribution in [0.5, 0.6) is 0 Å². The van der Waals surface area contributed by atoms with Crippen molar-refractivity contribution in [3.8, 4) is 0 Å². The number of nitrogens with zero attached hydrogens (tertiary/aromatic N) is 1. The van der Waals surface area contributed by atoms with Gasteiger partial charge < -0.3 is 28.8 Å². The lowest BCUT2D eigenvalue weighted by Gasteiger charge is -2.29. The molecule has 0 aliphatic heterocycles. The summed E-state index contributed by atoms with van der Waals surface area (Å²) >= 11 is 0. The van der Waals surface area contributed by atoms with Crippen LogP contribution in [0.25, 0.3) is 0 Å². The van der Waals surface area contributed by atoms with E-state index in [2.05, 4.69) is 43.5 Å². The number of hydrogen-bond acceptors (Lipinski definition) is 6. The van der Waals surface area contributed by atoms with Gasteiger partial charge in [0.1, 0.15) is 13.2 Å². The first-order valence-electron chi connectivity index (χ1n) is 34.4. The summed E-state index contributed by atoms with van der Waals surface area (Å²) in [5.74, 6) is -0.200. The van der Waals surface area contributed by atoms with Crippen molar-refractivity contribution in [3.63, 3.8) is 0 Å². The average Bonchev–Trinajstić information content (AvgIpc) is 3.41. The maximum absolute atomic E-state index is 13.0. The monoisotopic (exact) mass is 1120 g/mol. The second-order valence-electron chi connectivity index (χ2n) is 24.9. The molecule has 8 nitrogen and oxygen atoms in total.